The lowest BCUT2D eigenvalue weighted by Crippen LogP contribution is -2.32. The summed E-state index contributed by atoms with van der Waals surface area (Å²) in [5.41, 5.74) is 4.63. The minimum Gasteiger partial charge on any atom is -0.360 e. The van der Waals surface area contributed by atoms with Crippen LogP contribution in [0.5, 0.6) is 0 Å². The SMILES string of the molecule is Cc1noc(C(C)C)c1C(=O)N1CCC[C@H]1c1c(C)nn(C)c1C. The molecule has 130 valence electrons. The van der Waals surface area contributed by atoms with E-state index in [1.165, 1.54) is 5.56 Å². The second-order valence-corrected chi connectivity index (χ2v) is 7.03. The molecule has 2 aromatic heterocycles. The zero-order valence-corrected chi connectivity index (χ0v) is 15.4. The summed E-state index contributed by atoms with van der Waals surface area (Å²) < 4.78 is 7.31. The number of likely N-dealkylation sites (tertiary alicyclic amines) is 1. The standard InChI is InChI=1S/C18H26N4O2/c1-10(2)17-16(12(4)20-24-17)18(23)22-9-7-8-14(22)15-11(3)19-21(6)13(15)5/h10,14H,7-9H2,1-6H3/t14-/m0/s1. The molecule has 0 aliphatic carbocycles. The molecule has 3 rings (SSSR count). The summed E-state index contributed by atoms with van der Waals surface area (Å²) in [6.45, 7) is 10.7. The maximum absolute atomic E-state index is 13.3. The van der Waals surface area contributed by atoms with E-state index in [4.69, 9.17) is 4.52 Å². The first kappa shape index (κ1) is 16.7. The van der Waals surface area contributed by atoms with E-state index in [9.17, 15) is 4.79 Å². The Kier molecular flexibility index (Phi) is 4.24. The molecule has 0 aromatic carbocycles. The van der Waals surface area contributed by atoms with Crippen molar-refractivity contribution in [1.82, 2.24) is 19.8 Å². The van der Waals surface area contributed by atoms with Gasteiger partial charge < -0.3 is 9.42 Å². The third-order valence-electron chi connectivity index (χ3n) is 5.04. The van der Waals surface area contributed by atoms with Gasteiger partial charge in [-0.25, -0.2) is 0 Å². The van der Waals surface area contributed by atoms with Crippen molar-refractivity contribution in [2.45, 2.75) is 59.4 Å². The van der Waals surface area contributed by atoms with Crippen molar-refractivity contribution >= 4 is 5.91 Å². The van der Waals surface area contributed by atoms with E-state index in [-0.39, 0.29) is 17.9 Å². The van der Waals surface area contributed by atoms with Crippen LogP contribution in [0, 0.1) is 20.8 Å². The Balaban J connectivity index is 2.00. The molecule has 6 nitrogen and oxygen atoms in total. The number of hydrogen-bond acceptors (Lipinski definition) is 4. The lowest BCUT2D eigenvalue weighted by Gasteiger charge is -2.25. The fraction of sp³-hybridized carbons (Fsp3) is 0.611. The zero-order valence-electron chi connectivity index (χ0n) is 15.4. The second kappa shape index (κ2) is 6.07. The highest BCUT2D eigenvalue weighted by Gasteiger charge is 2.36. The predicted octanol–water partition coefficient (Wildman–Crippen LogP) is 3.43. The lowest BCUT2D eigenvalue weighted by molar-refractivity contribution is 0.0731. The fourth-order valence-electron chi connectivity index (χ4n) is 3.77. The summed E-state index contributed by atoms with van der Waals surface area (Å²) in [5, 5.41) is 8.55. The van der Waals surface area contributed by atoms with Crippen LogP contribution in [0.15, 0.2) is 4.52 Å². The van der Waals surface area contributed by atoms with Crippen LogP contribution in [0.3, 0.4) is 0 Å². The van der Waals surface area contributed by atoms with Gasteiger partial charge in [0.15, 0.2) is 5.76 Å². The number of carbonyl (C=O) groups is 1. The molecule has 1 fully saturated rings. The van der Waals surface area contributed by atoms with Gasteiger partial charge in [0.25, 0.3) is 5.91 Å². The van der Waals surface area contributed by atoms with E-state index < -0.39 is 0 Å². The number of carbonyl (C=O) groups excluding carboxylic acids is 1. The third-order valence-corrected chi connectivity index (χ3v) is 5.04. The molecule has 3 heterocycles. The van der Waals surface area contributed by atoms with E-state index in [1.54, 1.807) is 0 Å². The van der Waals surface area contributed by atoms with Crippen molar-refractivity contribution in [3.05, 3.63) is 34.0 Å². The van der Waals surface area contributed by atoms with Crippen LogP contribution in [0.2, 0.25) is 0 Å². The zero-order chi connectivity index (χ0) is 17.6. The first-order valence-corrected chi connectivity index (χ1v) is 8.60. The number of aryl methyl sites for hydroxylation is 3. The quantitative estimate of drug-likeness (QED) is 0.865. The number of nitrogens with zero attached hydrogens (tertiary/aromatic N) is 4. The van der Waals surface area contributed by atoms with Gasteiger partial charge in [-0.2, -0.15) is 5.10 Å². The van der Waals surface area contributed by atoms with Crippen LogP contribution in [0.25, 0.3) is 0 Å². The first-order valence-electron chi connectivity index (χ1n) is 8.60. The summed E-state index contributed by atoms with van der Waals surface area (Å²) in [7, 11) is 1.95. The van der Waals surface area contributed by atoms with Gasteiger partial charge in [0.2, 0.25) is 0 Å². The predicted molar refractivity (Wildman–Crippen MR) is 91.0 cm³/mol. The molecule has 0 saturated carbocycles. The molecule has 24 heavy (non-hydrogen) atoms. The highest BCUT2D eigenvalue weighted by atomic mass is 16.5. The highest BCUT2D eigenvalue weighted by Crippen LogP contribution is 2.37. The van der Waals surface area contributed by atoms with Gasteiger partial charge in [-0.15, -0.1) is 0 Å². The molecule has 1 saturated heterocycles. The van der Waals surface area contributed by atoms with Crippen LogP contribution < -0.4 is 0 Å². The van der Waals surface area contributed by atoms with Gasteiger partial charge in [-0.1, -0.05) is 19.0 Å². The monoisotopic (exact) mass is 330 g/mol. The highest BCUT2D eigenvalue weighted by molar-refractivity contribution is 5.96. The van der Waals surface area contributed by atoms with Crippen LogP contribution in [0.1, 0.15) is 77.4 Å². The molecule has 0 spiro atoms. The Labute approximate surface area is 142 Å². The van der Waals surface area contributed by atoms with Gasteiger partial charge in [0.05, 0.1) is 17.4 Å². The Morgan fingerprint density at radius 1 is 1.25 bits per heavy atom. The largest absolute Gasteiger partial charge is 0.360 e. The second-order valence-electron chi connectivity index (χ2n) is 7.03. The van der Waals surface area contributed by atoms with Crippen molar-refractivity contribution in [3.8, 4) is 0 Å². The molecule has 2 aromatic rings. The number of hydrogen-bond donors (Lipinski definition) is 0. The van der Waals surface area contributed by atoms with Crippen molar-refractivity contribution in [3.63, 3.8) is 0 Å². The van der Waals surface area contributed by atoms with Crippen molar-refractivity contribution in [2.75, 3.05) is 6.54 Å². The maximum Gasteiger partial charge on any atom is 0.259 e. The van der Waals surface area contributed by atoms with Gasteiger partial charge >= 0.3 is 0 Å². The van der Waals surface area contributed by atoms with Gasteiger partial charge in [0, 0.05) is 30.8 Å². The average Bonchev–Trinajstić information content (AvgIpc) is 3.18. The van der Waals surface area contributed by atoms with Crippen LogP contribution in [0.4, 0.5) is 0 Å². The molecule has 0 N–H and O–H groups in total. The molecule has 0 bridgehead atoms. The number of aromatic nitrogens is 3. The Morgan fingerprint density at radius 2 is 1.96 bits per heavy atom. The molecule has 1 atom stereocenters. The maximum atomic E-state index is 13.3. The van der Waals surface area contributed by atoms with Gasteiger partial charge in [0.1, 0.15) is 5.56 Å². The molecular formula is C18H26N4O2. The van der Waals surface area contributed by atoms with Crippen LogP contribution in [-0.4, -0.2) is 32.3 Å². The summed E-state index contributed by atoms with van der Waals surface area (Å²) in [6.07, 6.45) is 1.98. The molecule has 0 radical (unpaired) electrons. The first-order chi connectivity index (χ1) is 11.3. The van der Waals surface area contributed by atoms with Gasteiger partial charge in [-0.05, 0) is 33.6 Å². The summed E-state index contributed by atoms with van der Waals surface area (Å²) >= 11 is 0. The van der Waals surface area contributed by atoms with E-state index in [0.29, 0.717) is 17.0 Å². The van der Waals surface area contributed by atoms with E-state index in [0.717, 1.165) is 30.8 Å². The minimum absolute atomic E-state index is 0.0302. The number of amides is 1. The normalized spacial score (nSPS) is 18.0. The fourth-order valence-corrected chi connectivity index (χ4v) is 3.77. The van der Waals surface area contributed by atoms with Gasteiger partial charge in [-0.3, -0.25) is 9.48 Å². The van der Waals surface area contributed by atoms with E-state index >= 15 is 0 Å². The average molecular weight is 330 g/mol. The molecule has 1 amide bonds. The summed E-state index contributed by atoms with van der Waals surface area (Å²) in [4.78, 5) is 15.2. The smallest absolute Gasteiger partial charge is 0.259 e. The van der Waals surface area contributed by atoms with Crippen molar-refractivity contribution in [2.24, 2.45) is 7.05 Å². The molecule has 0 unspecified atom stereocenters. The summed E-state index contributed by atoms with van der Waals surface area (Å²) in [5.74, 6) is 0.846. The van der Waals surface area contributed by atoms with Crippen molar-refractivity contribution in [1.29, 1.82) is 0 Å². The molecule has 1 aliphatic heterocycles. The van der Waals surface area contributed by atoms with E-state index in [2.05, 4.69) is 17.2 Å². The van der Waals surface area contributed by atoms with E-state index in [1.807, 2.05) is 44.3 Å². The third kappa shape index (κ3) is 2.54. The summed E-state index contributed by atoms with van der Waals surface area (Å²) in [6, 6.07) is 0.0838. The molecule has 6 heteroatoms. The number of rotatable bonds is 3. The lowest BCUT2D eigenvalue weighted by atomic mass is 10.00. The minimum atomic E-state index is 0.0302. The molecular weight excluding hydrogens is 304 g/mol. The topological polar surface area (TPSA) is 64.2 Å². The Morgan fingerprint density at radius 3 is 2.54 bits per heavy atom. The Bertz CT molecular complexity index is 772. The van der Waals surface area contributed by atoms with Crippen LogP contribution in [-0.2, 0) is 7.05 Å². The van der Waals surface area contributed by atoms with Crippen molar-refractivity contribution < 1.29 is 9.32 Å². The molecule has 1 aliphatic rings. The Hall–Kier alpha value is -2.11. The van der Waals surface area contributed by atoms with Crippen LogP contribution >= 0.6 is 0 Å².